The summed E-state index contributed by atoms with van der Waals surface area (Å²) in [5, 5.41) is 9.93. The van der Waals surface area contributed by atoms with Gasteiger partial charge in [-0.05, 0) is 80.5 Å². The van der Waals surface area contributed by atoms with E-state index < -0.39 is 0 Å². The number of hydrogen-bond acceptors (Lipinski definition) is 1. The van der Waals surface area contributed by atoms with Crippen LogP contribution in [0.25, 0.3) is 70.9 Å². The van der Waals surface area contributed by atoms with Crippen LogP contribution in [0.15, 0.2) is 194 Å². The van der Waals surface area contributed by atoms with Gasteiger partial charge in [0.15, 0.2) is 0 Å². The van der Waals surface area contributed by atoms with E-state index in [0.29, 0.717) is 0 Å². The minimum absolute atomic E-state index is 1.10. The van der Waals surface area contributed by atoms with E-state index in [-0.39, 0.29) is 0 Å². The molecule has 234 valence electrons. The summed E-state index contributed by atoms with van der Waals surface area (Å²) in [7, 11) is 0. The van der Waals surface area contributed by atoms with Crippen LogP contribution in [0.1, 0.15) is 0 Å². The summed E-state index contributed by atoms with van der Waals surface area (Å²) < 4.78 is 2.43. The van der Waals surface area contributed by atoms with Crippen LogP contribution in [0.2, 0.25) is 0 Å². The quantitative estimate of drug-likeness (QED) is 0.171. The Morgan fingerprint density at radius 2 is 0.940 bits per heavy atom. The van der Waals surface area contributed by atoms with Crippen LogP contribution in [0.5, 0.6) is 0 Å². The van der Waals surface area contributed by atoms with Crippen LogP contribution in [-0.4, -0.2) is 4.57 Å². The van der Waals surface area contributed by atoms with Crippen LogP contribution in [0, 0.1) is 0 Å². The van der Waals surface area contributed by atoms with Gasteiger partial charge < -0.3 is 9.47 Å². The Kier molecular flexibility index (Phi) is 6.53. The van der Waals surface area contributed by atoms with Gasteiger partial charge in [0.05, 0.1) is 22.4 Å². The fourth-order valence-electron chi connectivity index (χ4n) is 7.89. The van der Waals surface area contributed by atoms with Gasteiger partial charge in [0.1, 0.15) is 0 Å². The Morgan fingerprint density at radius 1 is 0.340 bits per heavy atom. The maximum Gasteiger partial charge on any atom is 0.0782 e. The zero-order valence-electron chi connectivity index (χ0n) is 27.4. The Balaban J connectivity index is 1.34. The van der Waals surface area contributed by atoms with Crippen molar-refractivity contribution in [3.05, 3.63) is 194 Å². The molecule has 0 saturated heterocycles. The van der Waals surface area contributed by atoms with Gasteiger partial charge in [-0.1, -0.05) is 152 Å². The highest BCUT2D eigenvalue weighted by Gasteiger charge is 2.23. The summed E-state index contributed by atoms with van der Waals surface area (Å²) in [6, 6.07) is 70.5. The summed E-state index contributed by atoms with van der Waals surface area (Å²) in [6.45, 7) is 0. The van der Waals surface area contributed by atoms with E-state index in [1.807, 2.05) is 0 Å². The fourth-order valence-corrected chi connectivity index (χ4v) is 7.89. The summed E-state index contributed by atoms with van der Waals surface area (Å²) in [5.41, 5.74) is 9.28. The van der Waals surface area contributed by atoms with Crippen molar-refractivity contribution in [3.63, 3.8) is 0 Å². The second-order valence-corrected chi connectivity index (χ2v) is 12.9. The molecule has 0 saturated carbocycles. The highest BCUT2D eigenvalue weighted by molar-refractivity contribution is 6.22. The minimum atomic E-state index is 1.10. The van der Waals surface area contributed by atoms with Crippen molar-refractivity contribution in [2.24, 2.45) is 0 Å². The molecule has 2 nitrogen and oxygen atoms in total. The number of para-hydroxylation sites is 3. The molecule has 1 aromatic heterocycles. The second kappa shape index (κ2) is 11.5. The zero-order valence-corrected chi connectivity index (χ0v) is 27.4. The highest BCUT2D eigenvalue weighted by atomic mass is 15.2. The van der Waals surface area contributed by atoms with Crippen molar-refractivity contribution in [1.29, 1.82) is 0 Å². The largest absolute Gasteiger partial charge is 0.308 e. The fraction of sp³-hybridized carbons (Fsp3) is 0. The van der Waals surface area contributed by atoms with E-state index in [0.717, 1.165) is 22.7 Å². The zero-order chi connectivity index (χ0) is 33.0. The Labute approximate surface area is 290 Å². The average Bonchev–Trinajstić information content (AvgIpc) is 3.54. The van der Waals surface area contributed by atoms with Crippen molar-refractivity contribution in [1.82, 2.24) is 4.57 Å². The van der Waals surface area contributed by atoms with Crippen LogP contribution in [0.3, 0.4) is 0 Å². The molecule has 0 N–H and O–H groups in total. The van der Waals surface area contributed by atoms with E-state index in [1.54, 1.807) is 0 Å². The van der Waals surface area contributed by atoms with Crippen LogP contribution in [-0.2, 0) is 0 Å². The van der Waals surface area contributed by atoms with Gasteiger partial charge in [0.2, 0.25) is 0 Å². The first kappa shape index (κ1) is 28.4. The monoisotopic (exact) mass is 636 g/mol. The predicted octanol–water partition coefficient (Wildman–Crippen LogP) is 13.4. The molecule has 50 heavy (non-hydrogen) atoms. The molecular weight excluding hydrogens is 605 g/mol. The van der Waals surface area contributed by atoms with Crippen LogP contribution in [0.4, 0.5) is 17.1 Å². The Bertz CT molecular complexity index is 2850. The van der Waals surface area contributed by atoms with Crippen molar-refractivity contribution in [3.8, 4) is 16.8 Å². The predicted molar refractivity (Wildman–Crippen MR) is 213 cm³/mol. The third-order valence-corrected chi connectivity index (χ3v) is 10.1. The van der Waals surface area contributed by atoms with E-state index in [1.165, 1.54) is 65.3 Å². The summed E-state index contributed by atoms with van der Waals surface area (Å²) in [6.07, 6.45) is 0. The standard InChI is InChI=1S/C48H32N2/c1-3-14-33(15-4-1)34-26-29-37(30-27-34)49(47-32-44-38-19-8-7-16-35(38)28-31-40(44)39-20-9-10-21-41(39)47)46-25-13-23-43-42-22-11-12-24-45(42)50(48(43)46)36-17-5-2-6-18-36/h1-32H. The molecule has 0 amide bonds. The number of aromatic nitrogens is 1. The molecule has 0 radical (unpaired) electrons. The number of hydrogen-bond donors (Lipinski definition) is 0. The van der Waals surface area contributed by atoms with Crippen molar-refractivity contribution in [2.45, 2.75) is 0 Å². The van der Waals surface area contributed by atoms with E-state index in [4.69, 9.17) is 0 Å². The first-order valence-corrected chi connectivity index (χ1v) is 17.2. The Hall–Kier alpha value is -6.64. The Morgan fingerprint density at radius 3 is 1.74 bits per heavy atom. The van der Waals surface area contributed by atoms with Gasteiger partial charge in [0.25, 0.3) is 0 Å². The number of fused-ring (bicyclic) bond motifs is 8. The van der Waals surface area contributed by atoms with Gasteiger partial charge in [-0.2, -0.15) is 0 Å². The lowest BCUT2D eigenvalue weighted by atomic mass is 9.95. The van der Waals surface area contributed by atoms with Gasteiger partial charge in [-0.15, -0.1) is 0 Å². The van der Waals surface area contributed by atoms with Crippen molar-refractivity contribution >= 4 is 71.2 Å². The molecule has 10 rings (SSSR count). The second-order valence-electron chi connectivity index (χ2n) is 12.9. The van der Waals surface area contributed by atoms with Gasteiger partial charge in [0, 0.05) is 27.5 Å². The first-order valence-electron chi connectivity index (χ1n) is 17.2. The first-order chi connectivity index (χ1) is 24.8. The van der Waals surface area contributed by atoms with Gasteiger partial charge in [-0.25, -0.2) is 0 Å². The highest BCUT2D eigenvalue weighted by Crippen LogP contribution is 2.47. The van der Waals surface area contributed by atoms with E-state index in [9.17, 15) is 0 Å². The third-order valence-electron chi connectivity index (χ3n) is 10.1. The van der Waals surface area contributed by atoms with E-state index in [2.05, 4.69) is 204 Å². The summed E-state index contributed by atoms with van der Waals surface area (Å²) >= 11 is 0. The summed E-state index contributed by atoms with van der Waals surface area (Å²) in [5.74, 6) is 0. The normalized spacial score (nSPS) is 11.6. The van der Waals surface area contributed by atoms with Gasteiger partial charge >= 0.3 is 0 Å². The number of rotatable bonds is 5. The maximum absolute atomic E-state index is 2.49. The lowest BCUT2D eigenvalue weighted by molar-refractivity contribution is 1.17. The number of nitrogens with zero attached hydrogens (tertiary/aromatic N) is 2. The lowest BCUT2D eigenvalue weighted by Gasteiger charge is -2.29. The molecule has 0 atom stereocenters. The SMILES string of the molecule is c1ccc(-c2ccc(N(c3cc4c5ccccc5ccc4c4ccccc34)c3cccc4c5ccccc5n(-c5ccccc5)c34)cc2)cc1. The molecule has 0 aliphatic carbocycles. The molecule has 9 aromatic carbocycles. The lowest BCUT2D eigenvalue weighted by Crippen LogP contribution is -2.12. The van der Waals surface area contributed by atoms with Gasteiger partial charge in [-0.3, -0.25) is 0 Å². The molecule has 0 spiro atoms. The third kappa shape index (κ3) is 4.43. The maximum atomic E-state index is 2.49. The molecule has 0 aliphatic rings. The van der Waals surface area contributed by atoms with Crippen molar-refractivity contribution < 1.29 is 0 Å². The number of benzene rings is 9. The van der Waals surface area contributed by atoms with Crippen LogP contribution < -0.4 is 4.90 Å². The number of anilines is 3. The average molecular weight is 637 g/mol. The molecule has 0 bridgehead atoms. The topological polar surface area (TPSA) is 8.17 Å². The minimum Gasteiger partial charge on any atom is -0.308 e. The molecule has 1 heterocycles. The molecular formula is C48H32N2. The summed E-state index contributed by atoms with van der Waals surface area (Å²) in [4.78, 5) is 2.49. The molecule has 0 fully saturated rings. The molecule has 0 unspecified atom stereocenters. The van der Waals surface area contributed by atoms with Crippen molar-refractivity contribution in [2.75, 3.05) is 4.90 Å². The smallest absolute Gasteiger partial charge is 0.0782 e. The van der Waals surface area contributed by atoms with E-state index >= 15 is 0 Å². The molecule has 0 aliphatic heterocycles. The van der Waals surface area contributed by atoms with Crippen LogP contribution >= 0.6 is 0 Å². The molecule has 2 heteroatoms. The molecule has 10 aromatic rings.